The maximum absolute atomic E-state index is 12.2. The molecule has 3 aliphatic rings. The van der Waals surface area contributed by atoms with Gasteiger partial charge in [0.05, 0.1) is 0 Å². The van der Waals surface area contributed by atoms with Gasteiger partial charge < -0.3 is 15.0 Å². The predicted octanol–water partition coefficient (Wildman–Crippen LogP) is 2.43. The van der Waals surface area contributed by atoms with E-state index in [1.165, 1.54) is 25.9 Å². The van der Waals surface area contributed by atoms with E-state index in [4.69, 9.17) is 4.74 Å². The zero-order chi connectivity index (χ0) is 15.6. The van der Waals surface area contributed by atoms with E-state index in [-0.39, 0.29) is 12.5 Å². The SMILES string of the molecule is O=C(COc1cccc2ccccc12)NC1CN2CCC1CC2. The molecule has 0 spiro atoms. The molecule has 0 radical (unpaired) electrons. The summed E-state index contributed by atoms with van der Waals surface area (Å²) in [5.74, 6) is 1.39. The van der Waals surface area contributed by atoms with Crippen molar-refractivity contribution in [3.63, 3.8) is 0 Å². The molecule has 3 aliphatic heterocycles. The van der Waals surface area contributed by atoms with Gasteiger partial charge in [-0.3, -0.25) is 4.79 Å². The second kappa shape index (κ2) is 6.20. The number of hydrogen-bond donors (Lipinski definition) is 1. The van der Waals surface area contributed by atoms with Crippen LogP contribution in [0.15, 0.2) is 42.5 Å². The van der Waals surface area contributed by atoms with Gasteiger partial charge in [-0.2, -0.15) is 0 Å². The first kappa shape index (κ1) is 14.5. The number of fused-ring (bicyclic) bond motifs is 4. The molecule has 3 heterocycles. The molecule has 0 saturated carbocycles. The highest BCUT2D eigenvalue weighted by Gasteiger charge is 2.34. The Morgan fingerprint density at radius 1 is 1.13 bits per heavy atom. The van der Waals surface area contributed by atoms with Gasteiger partial charge in [0.15, 0.2) is 6.61 Å². The first-order chi connectivity index (χ1) is 11.3. The first-order valence-corrected chi connectivity index (χ1v) is 8.42. The number of carbonyl (C=O) groups is 1. The Morgan fingerprint density at radius 2 is 1.91 bits per heavy atom. The highest BCUT2D eigenvalue weighted by Crippen LogP contribution is 2.28. The summed E-state index contributed by atoms with van der Waals surface area (Å²) in [6.45, 7) is 3.44. The van der Waals surface area contributed by atoms with Crippen LogP contribution in [0.25, 0.3) is 10.8 Å². The van der Waals surface area contributed by atoms with Gasteiger partial charge in [-0.25, -0.2) is 0 Å². The predicted molar refractivity (Wildman–Crippen MR) is 90.5 cm³/mol. The third kappa shape index (κ3) is 3.04. The minimum Gasteiger partial charge on any atom is -0.483 e. The van der Waals surface area contributed by atoms with Crippen molar-refractivity contribution >= 4 is 16.7 Å². The van der Waals surface area contributed by atoms with Crippen LogP contribution in [-0.4, -0.2) is 43.1 Å². The van der Waals surface area contributed by atoms with Crippen molar-refractivity contribution in [2.24, 2.45) is 5.92 Å². The van der Waals surface area contributed by atoms with Crippen LogP contribution in [0.3, 0.4) is 0 Å². The second-order valence-corrected chi connectivity index (χ2v) is 6.58. The summed E-state index contributed by atoms with van der Waals surface area (Å²) in [6, 6.07) is 14.3. The van der Waals surface area contributed by atoms with Crippen molar-refractivity contribution in [2.45, 2.75) is 18.9 Å². The largest absolute Gasteiger partial charge is 0.483 e. The lowest BCUT2D eigenvalue weighted by Gasteiger charge is -2.44. The van der Waals surface area contributed by atoms with E-state index >= 15 is 0 Å². The van der Waals surface area contributed by atoms with Crippen molar-refractivity contribution in [1.82, 2.24) is 10.2 Å². The summed E-state index contributed by atoms with van der Waals surface area (Å²) < 4.78 is 5.78. The number of nitrogens with one attached hydrogen (secondary N) is 1. The number of hydrogen-bond acceptors (Lipinski definition) is 3. The summed E-state index contributed by atoms with van der Waals surface area (Å²) in [4.78, 5) is 14.7. The summed E-state index contributed by atoms with van der Waals surface area (Å²) >= 11 is 0. The lowest BCUT2D eigenvalue weighted by atomic mass is 9.84. The standard InChI is InChI=1S/C19H22N2O2/c22-19(20-17-12-21-10-8-15(17)9-11-21)13-23-18-7-3-5-14-4-1-2-6-16(14)18/h1-7,15,17H,8-13H2,(H,20,22). The molecule has 1 amide bonds. The number of piperidine rings is 3. The van der Waals surface area contributed by atoms with Gasteiger partial charge in [-0.15, -0.1) is 0 Å². The van der Waals surface area contributed by atoms with E-state index in [2.05, 4.69) is 22.3 Å². The van der Waals surface area contributed by atoms with Crippen LogP contribution in [0, 0.1) is 5.92 Å². The average molecular weight is 310 g/mol. The molecule has 3 saturated heterocycles. The van der Waals surface area contributed by atoms with Crippen LogP contribution in [-0.2, 0) is 4.79 Å². The molecule has 1 atom stereocenters. The number of carbonyl (C=O) groups excluding carboxylic acids is 1. The Kier molecular flexibility index (Phi) is 3.92. The van der Waals surface area contributed by atoms with Crippen molar-refractivity contribution in [3.05, 3.63) is 42.5 Å². The molecular formula is C19H22N2O2. The first-order valence-electron chi connectivity index (χ1n) is 8.42. The molecule has 1 unspecified atom stereocenters. The monoisotopic (exact) mass is 310 g/mol. The van der Waals surface area contributed by atoms with Gasteiger partial charge in [-0.05, 0) is 43.3 Å². The maximum Gasteiger partial charge on any atom is 0.258 e. The minimum absolute atomic E-state index is 0.0170. The van der Waals surface area contributed by atoms with Crippen molar-refractivity contribution in [3.8, 4) is 5.75 Å². The lowest BCUT2D eigenvalue weighted by Crippen LogP contribution is -2.57. The zero-order valence-corrected chi connectivity index (χ0v) is 13.2. The molecule has 5 rings (SSSR count). The van der Waals surface area contributed by atoms with Gasteiger partial charge in [0, 0.05) is 18.0 Å². The van der Waals surface area contributed by atoms with Gasteiger partial charge >= 0.3 is 0 Å². The van der Waals surface area contributed by atoms with Gasteiger partial charge in [0.25, 0.3) is 5.91 Å². The summed E-state index contributed by atoms with van der Waals surface area (Å²) in [5, 5.41) is 5.34. The third-order valence-electron chi connectivity index (χ3n) is 5.11. The van der Waals surface area contributed by atoms with E-state index in [0.29, 0.717) is 12.0 Å². The fraction of sp³-hybridized carbons (Fsp3) is 0.421. The number of nitrogens with zero attached hydrogens (tertiary/aromatic N) is 1. The number of rotatable bonds is 4. The van der Waals surface area contributed by atoms with Gasteiger partial charge in [0.1, 0.15) is 5.75 Å². The maximum atomic E-state index is 12.2. The molecule has 2 aromatic carbocycles. The van der Waals surface area contributed by atoms with Crippen LogP contribution in [0.1, 0.15) is 12.8 Å². The summed E-state index contributed by atoms with van der Waals surface area (Å²) in [5.41, 5.74) is 0. The van der Waals surface area contributed by atoms with Crippen LogP contribution < -0.4 is 10.1 Å². The molecule has 4 nitrogen and oxygen atoms in total. The van der Waals surface area contributed by atoms with E-state index < -0.39 is 0 Å². The Morgan fingerprint density at radius 3 is 2.70 bits per heavy atom. The number of amides is 1. The van der Waals surface area contributed by atoms with Crippen molar-refractivity contribution in [2.75, 3.05) is 26.2 Å². The topological polar surface area (TPSA) is 41.6 Å². The van der Waals surface area contributed by atoms with Gasteiger partial charge in [-0.1, -0.05) is 36.4 Å². The van der Waals surface area contributed by atoms with E-state index in [0.717, 1.165) is 23.1 Å². The van der Waals surface area contributed by atoms with E-state index in [9.17, 15) is 4.79 Å². The minimum atomic E-state index is -0.0170. The van der Waals surface area contributed by atoms with Crippen LogP contribution in [0.5, 0.6) is 5.75 Å². The molecule has 2 bridgehead atoms. The average Bonchev–Trinajstić information content (AvgIpc) is 2.61. The molecule has 0 aromatic heterocycles. The fourth-order valence-corrected chi connectivity index (χ4v) is 3.84. The smallest absolute Gasteiger partial charge is 0.258 e. The van der Waals surface area contributed by atoms with Crippen LogP contribution in [0.2, 0.25) is 0 Å². The molecule has 0 aliphatic carbocycles. The summed E-state index contributed by atoms with van der Waals surface area (Å²) in [7, 11) is 0. The highest BCUT2D eigenvalue weighted by molar-refractivity contribution is 5.88. The number of benzene rings is 2. The van der Waals surface area contributed by atoms with E-state index in [1.807, 2.05) is 30.3 Å². The zero-order valence-electron chi connectivity index (χ0n) is 13.2. The third-order valence-corrected chi connectivity index (χ3v) is 5.11. The normalized spacial score (nSPS) is 26.2. The van der Waals surface area contributed by atoms with E-state index in [1.54, 1.807) is 0 Å². The fourth-order valence-electron chi connectivity index (χ4n) is 3.84. The quantitative estimate of drug-likeness (QED) is 0.943. The highest BCUT2D eigenvalue weighted by atomic mass is 16.5. The van der Waals surface area contributed by atoms with Crippen molar-refractivity contribution in [1.29, 1.82) is 0 Å². The lowest BCUT2D eigenvalue weighted by molar-refractivity contribution is -0.125. The molecule has 23 heavy (non-hydrogen) atoms. The van der Waals surface area contributed by atoms with Crippen LogP contribution >= 0.6 is 0 Å². The summed E-state index contributed by atoms with van der Waals surface area (Å²) in [6.07, 6.45) is 2.41. The van der Waals surface area contributed by atoms with Gasteiger partial charge in [0.2, 0.25) is 0 Å². The molecule has 3 fully saturated rings. The molecule has 4 heteroatoms. The van der Waals surface area contributed by atoms with Crippen molar-refractivity contribution < 1.29 is 9.53 Å². The molecule has 2 aromatic rings. The Labute approximate surface area is 136 Å². The Bertz CT molecular complexity index is 702. The Hall–Kier alpha value is -2.07. The molecular weight excluding hydrogens is 288 g/mol. The number of ether oxygens (including phenoxy) is 1. The Balaban J connectivity index is 1.38. The molecule has 120 valence electrons. The van der Waals surface area contributed by atoms with Crippen LogP contribution in [0.4, 0.5) is 0 Å². The second-order valence-electron chi connectivity index (χ2n) is 6.58. The molecule has 1 N–H and O–H groups in total.